The molecular weight excluding hydrogens is 313 g/mol. The molecular formula is C14H13F3N4O2. The van der Waals surface area contributed by atoms with Gasteiger partial charge in [0.2, 0.25) is 5.89 Å². The Bertz CT molecular complexity index is 742. The Balaban J connectivity index is 1.70. The van der Waals surface area contributed by atoms with Gasteiger partial charge in [-0.05, 0) is 12.1 Å². The van der Waals surface area contributed by atoms with Gasteiger partial charge in [-0.3, -0.25) is 4.79 Å². The summed E-state index contributed by atoms with van der Waals surface area (Å²) < 4.78 is 45.2. The minimum absolute atomic E-state index is 0.276. The summed E-state index contributed by atoms with van der Waals surface area (Å²) in [6.45, 7) is 3.05. The summed E-state index contributed by atoms with van der Waals surface area (Å²) in [5, 5.41) is 7.61. The molecule has 1 aromatic heterocycles. The second kappa shape index (κ2) is 5.90. The molecule has 1 aromatic carbocycles. The number of benzene rings is 1. The number of aromatic nitrogens is 2. The van der Waals surface area contributed by atoms with E-state index in [-0.39, 0.29) is 13.1 Å². The number of piperazine rings is 1. The lowest BCUT2D eigenvalue weighted by atomic mass is 10.1. The lowest BCUT2D eigenvalue weighted by Gasteiger charge is -2.33. The number of nitrogens with zero attached hydrogens (tertiary/aromatic N) is 4. The van der Waals surface area contributed by atoms with Crippen molar-refractivity contribution in [3.05, 3.63) is 41.0 Å². The van der Waals surface area contributed by atoms with E-state index in [0.29, 0.717) is 25.0 Å². The molecule has 0 bridgehead atoms. The molecule has 0 N–H and O–H groups in total. The first-order valence-electron chi connectivity index (χ1n) is 6.95. The van der Waals surface area contributed by atoms with Crippen molar-refractivity contribution < 1.29 is 22.4 Å². The van der Waals surface area contributed by atoms with E-state index in [0.717, 1.165) is 12.1 Å². The minimum atomic E-state index is -1.64. The average molecular weight is 326 g/mol. The van der Waals surface area contributed by atoms with E-state index in [4.69, 9.17) is 4.42 Å². The van der Waals surface area contributed by atoms with Crippen LogP contribution in [0.5, 0.6) is 0 Å². The number of carbonyl (C=O) groups is 1. The number of anilines is 1. The first-order chi connectivity index (χ1) is 11.0. The van der Waals surface area contributed by atoms with Crippen LogP contribution in [0.4, 0.5) is 19.2 Å². The van der Waals surface area contributed by atoms with E-state index in [1.807, 2.05) is 0 Å². The zero-order chi connectivity index (χ0) is 16.6. The second-order valence-electron chi connectivity index (χ2n) is 5.11. The van der Waals surface area contributed by atoms with Crippen LogP contribution in [-0.2, 0) is 0 Å². The van der Waals surface area contributed by atoms with Gasteiger partial charge in [0, 0.05) is 33.1 Å². The smallest absolute Gasteiger partial charge is 0.318 e. The molecule has 0 radical (unpaired) electrons. The molecule has 3 rings (SSSR count). The Morgan fingerprint density at radius 3 is 2.39 bits per heavy atom. The Morgan fingerprint density at radius 2 is 1.78 bits per heavy atom. The van der Waals surface area contributed by atoms with Crippen LogP contribution in [0.3, 0.4) is 0 Å². The van der Waals surface area contributed by atoms with E-state index in [1.54, 1.807) is 11.8 Å². The fraction of sp³-hybridized carbons (Fsp3) is 0.357. The highest BCUT2D eigenvalue weighted by Gasteiger charge is 2.27. The van der Waals surface area contributed by atoms with Crippen LogP contribution in [0.25, 0.3) is 0 Å². The molecule has 9 heteroatoms. The SMILES string of the molecule is Cc1nnc(N2CCN(C(=O)c3ccc(F)c(F)c3F)CC2)o1. The van der Waals surface area contributed by atoms with Crippen LogP contribution >= 0.6 is 0 Å². The van der Waals surface area contributed by atoms with Crippen molar-refractivity contribution in [1.29, 1.82) is 0 Å². The summed E-state index contributed by atoms with van der Waals surface area (Å²) in [6.07, 6.45) is 0. The van der Waals surface area contributed by atoms with Gasteiger partial charge in [-0.15, -0.1) is 5.10 Å². The van der Waals surface area contributed by atoms with Gasteiger partial charge in [0.25, 0.3) is 5.91 Å². The highest BCUT2D eigenvalue weighted by molar-refractivity contribution is 5.94. The molecule has 1 aliphatic heterocycles. The Labute approximate surface area is 129 Å². The van der Waals surface area contributed by atoms with Gasteiger partial charge in [0.15, 0.2) is 17.5 Å². The first-order valence-corrected chi connectivity index (χ1v) is 6.95. The van der Waals surface area contributed by atoms with Crippen molar-refractivity contribution in [3.63, 3.8) is 0 Å². The van der Waals surface area contributed by atoms with E-state index < -0.39 is 28.9 Å². The zero-order valence-corrected chi connectivity index (χ0v) is 12.2. The third-order valence-electron chi connectivity index (χ3n) is 3.62. The molecule has 2 heterocycles. The van der Waals surface area contributed by atoms with Crippen molar-refractivity contribution in [3.8, 4) is 0 Å². The van der Waals surface area contributed by atoms with Gasteiger partial charge in [-0.1, -0.05) is 5.10 Å². The molecule has 1 amide bonds. The number of carbonyl (C=O) groups excluding carboxylic acids is 1. The van der Waals surface area contributed by atoms with Gasteiger partial charge in [-0.2, -0.15) is 0 Å². The molecule has 0 spiro atoms. The number of hydrogen-bond acceptors (Lipinski definition) is 5. The van der Waals surface area contributed by atoms with Crippen LogP contribution in [0.15, 0.2) is 16.5 Å². The maximum Gasteiger partial charge on any atom is 0.318 e. The van der Waals surface area contributed by atoms with Gasteiger partial charge in [0.05, 0.1) is 5.56 Å². The van der Waals surface area contributed by atoms with E-state index in [1.165, 1.54) is 4.90 Å². The molecule has 122 valence electrons. The van der Waals surface area contributed by atoms with E-state index in [9.17, 15) is 18.0 Å². The van der Waals surface area contributed by atoms with Crippen molar-refractivity contribution in [2.75, 3.05) is 31.1 Å². The fourth-order valence-corrected chi connectivity index (χ4v) is 2.38. The van der Waals surface area contributed by atoms with Gasteiger partial charge < -0.3 is 14.2 Å². The van der Waals surface area contributed by atoms with Gasteiger partial charge >= 0.3 is 6.01 Å². The minimum Gasteiger partial charge on any atom is -0.408 e. The summed E-state index contributed by atoms with van der Waals surface area (Å²) in [4.78, 5) is 15.4. The summed E-state index contributed by atoms with van der Waals surface area (Å²) >= 11 is 0. The van der Waals surface area contributed by atoms with E-state index in [2.05, 4.69) is 10.2 Å². The van der Waals surface area contributed by atoms with Crippen LogP contribution < -0.4 is 4.90 Å². The second-order valence-corrected chi connectivity index (χ2v) is 5.11. The quantitative estimate of drug-likeness (QED) is 0.787. The number of hydrogen-bond donors (Lipinski definition) is 0. The third-order valence-corrected chi connectivity index (χ3v) is 3.62. The predicted molar refractivity (Wildman–Crippen MR) is 73.5 cm³/mol. The highest BCUT2D eigenvalue weighted by atomic mass is 19.2. The van der Waals surface area contributed by atoms with Gasteiger partial charge in [-0.25, -0.2) is 13.2 Å². The molecule has 1 saturated heterocycles. The molecule has 1 fully saturated rings. The zero-order valence-electron chi connectivity index (χ0n) is 12.2. The number of amides is 1. The monoisotopic (exact) mass is 326 g/mol. The van der Waals surface area contributed by atoms with E-state index >= 15 is 0 Å². The highest BCUT2D eigenvalue weighted by Crippen LogP contribution is 2.19. The van der Waals surface area contributed by atoms with Crippen molar-refractivity contribution in [2.24, 2.45) is 0 Å². The normalized spacial score (nSPS) is 15.1. The molecule has 2 aromatic rings. The first kappa shape index (κ1) is 15.3. The Kier molecular flexibility index (Phi) is 3.93. The average Bonchev–Trinajstić information content (AvgIpc) is 2.99. The number of aryl methyl sites for hydroxylation is 1. The fourth-order valence-electron chi connectivity index (χ4n) is 2.38. The predicted octanol–water partition coefficient (Wildman–Crippen LogP) is 1.76. The standard InChI is InChI=1S/C14H13F3N4O2/c1-8-18-19-14(23-8)21-6-4-20(5-7-21)13(22)9-2-3-10(15)12(17)11(9)16/h2-3H,4-7H2,1H3. The molecule has 0 aliphatic carbocycles. The topological polar surface area (TPSA) is 62.5 Å². The molecule has 0 unspecified atom stereocenters. The largest absolute Gasteiger partial charge is 0.408 e. The summed E-state index contributed by atoms with van der Waals surface area (Å²) in [6, 6.07) is 2.04. The van der Waals surface area contributed by atoms with Crippen LogP contribution in [0.2, 0.25) is 0 Å². The lowest BCUT2D eigenvalue weighted by molar-refractivity contribution is 0.0738. The summed E-state index contributed by atoms with van der Waals surface area (Å²) in [7, 11) is 0. The van der Waals surface area contributed by atoms with Crippen LogP contribution in [0.1, 0.15) is 16.2 Å². The number of halogens is 3. The van der Waals surface area contributed by atoms with Crippen molar-refractivity contribution in [2.45, 2.75) is 6.92 Å². The van der Waals surface area contributed by atoms with Gasteiger partial charge in [0.1, 0.15) is 0 Å². The molecule has 0 atom stereocenters. The lowest BCUT2D eigenvalue weighted by Crippen LogP contribution is -2.49. The van der Waals surface area contributed by atoms with Crippen molar-refractivity contribution in [1.82, 2.24) is 15.1 Å². The maximum absolute atomic E-state index is 13.7. The third kappa shape index (κ3) is 2.86. The number of rotatable bonds is 2. The molecule has 23 heavy (non-hydrogen) atoms. The summed E-state index contributed by atoms with van der Waals surface area (Å²) in [5.41, 5.74) is -0.481. The van der Waals surface area contributed by atoms with Crippen LogP contribution in [-0.4, -0.2) is 47.2 Å². The maximum atomic E-state index is 13.7. The Hall–Kier alpha value is -2.58. The summed E-state index contributed by atoms with van der Waals surface area (Å²) in [5.74, 6) is -4.68. The molecule has 0 saturated carbocycles. The van der Waals surface area contributed by atoms with Crippen molar-refractivity contribution >= 4 is 11.9 Å². The Morgan fingerprint density at radius 1 is 1.09 bits per heavy atom. The molecule has 6 nitrogen and oxygen atoms in total. The van der Waals surface area contributed by atoms with Crippen LogP contribution in [0, 0.1) is 24.4 Å². The molecule has 1 aliphatic rings.